The minimum atomic E-state index is 0.0150. The molecular formula is C19H26N6O3. The van der Waals surface area contributed by atoms with Gasteiger partial charge in [0.25, 0.3) is 0 Å². The van der Waals surface area contributed by atoms with Crippen LogP contribution in [0.4, 0.5) is 5.69 Å². The highest BCUT2D eigenvalue weighted by molar-refractivity contribution is 5.98. The Balaban J connectivity index is 1.64. The lowest BCUT2D eigenvalue weighted by atomic mass is 10.2. The first-order valence-electron chi connectivity index (χ1n) is 9.01. The van der Waals surface area contributed by atoms with Gasteiger partial charge in [0.1, 0.15) is 18.0 Å². The molecule has 1 N–H and O–H groups in total. The van der Waals surface area contributed by atoms with Crippen molar-refractivity contribution in [3.05, 3.63) is 36.2 Å². The zero-order valence-electron chi connectivity index (χ0n) is 16.7. The van der Waals surface area contributed by atoms with E-state index in [9.17, 15) is 4.79 Å². The van der Waals surface area contributed by atoms with Crippen LogP contribution in [-0.4, -0.2) is 67.4 Å². The molecule has 1 aliphatic heterocycles. The van der Waals surface area contributed by atoms with Crippen molar-refractivity contribution in [3.8, 4) is 11.5 Å². The van der Waals surface area contributed by atoms with Gasteiger partial charge in [-0.25, -0.2) is 0 Å². The number of carbonyl (C=O) groups excluding carboxylic acids is 1. The van der Waals surface area contributed by atoms with E-state index in [1.54, 1.807) is 37.0 Å². The van der Waals surface area contributed by atoms with Gasteiger partial charge < -0.3 is 24.6 Å². The number of nitrogens with one attached hydrogen (secondary N) is 1. The molecule has 28 heavy (non-hydrogen) atoms. The molecule has 150 valence electrons. The smallest absolute Gasteiger partial charge is 0.246 e. The van der Waals surface area contributed by atoms with Crippen molar-refractivity contribution < 1.29 is 14.3 Å². The molecule has 1 aliphatic rings. The van der Waals surface area contributed by atoms with Gasteiger partial charge in [0.15, 0.2) is 5.96 Å². The fourth-order valence-electron chi connectivity index (χ4n) is 3.20. The van der Waals surface area contributed by atoms with Crippen LogP contribution >= 0.6 is 0 Å². The summed E-state index contributed by atoms with van der Waals surface area (Å²) in [5, 5.41) is 7.45. The first-order chi connectivity index (χ1) is 13.5. The van der Waals surface area contributed by atoms with Crippen LogP contribution < -0.4 is 19.7 Å². The Labute approximate surface area is 164 Å². The number of amides is 1. The maximum atomic E-state index is 12.6. The number of piperazine rings is 1. The molecule has 0 aliphatic carbocycles. The third-order valence-electron chi connectivity index (χ3n) is 4.66. The predicted molar refractivity (Wildman–Crippen MR) is 107 cm³/mol. The number of nitrogens with zero attached hydrogens (tertiary/aromatic N) is 5. The van der Waals surface area contributed by atoms with Crippen molar-refractivity contribution in [1.29, 1.82) is 0 Å². The summed E-state index contributed by atoms with van der Waals surface area (Å²) < 4.78 is 12.4. The Hall–Kier alpha value is -3.23. The molecule has 3 rings (SSSR count). The van der Waals surface area contributed by atoms with E-state index in [4.69, 9.17) is 9.47 Å². The molecule has 9 heteroatoms. The molecule has 2 aromatic rings. The number of rotatable bonds is 5. The Morgan fingerprint density at radius 1 is 1.29 bits per heavy atom. The highest BCUT2D eigenvalue weighted by Gasteiger charge is 2.27. The van der Waals surface area contributed by atoms with E-state index < -0.39 is 0 Å². The maximum absolute atomic E-state index is 12.6. The van der Waals surface area contributed by atoms with Crippen LogP contribution in [-0.2, 0) is 18.4 Å². The van der Waals surface area contributed by atoms with Gasteiger partial charge >= 0.3 is 0 Å². The number of benzene rings is 1. The first-order valence-corrected chi connectivity index (χ1v) is 9.01. The molecule has 0 bridgehead atoms. The van der Waals surface area contributed by atoms with E-state index in [2.05, 4.69) is 15.4 Å². The van der Waals surface area contributed by atoms with Crippen LogP contribution in [0.1, 0.15) is 5.56 Å². The number of carbonyl (C=O) groups is 1. The molecule has 1 saturated heterocycles. The Morgan fingerprint density at radius 2 is 2.11 bits per heavy atom. The minimum Gasteiger partial charge on any atom is -0.497 e. The molecular weight excluding hydrogens is 360 g/mol. The van der Waals surface area contributed by atoms with Crippen molar-refractivity contribution in [3.63, 3.8) is 0 Å². The minimum absolute atomic E-state index is 0.0150. The molecule has 0 spiro atoms. The monoisotopic (exact) mass is 386 g/mol. The van der Waals surface area contributed by atoms with Gasteiger partial charge in [-0.1, -0.05) is 0 Å². The maximum Gasteiger partial charge on any atom is 0.246 e. The normalized spacial score (nSPS) is 15.0. The summed E-state index contributed by atoms with van der Waals surface area (Å²) in [7, 11) is 6.81. The van der Waals surface area contributed by atoms with Gasteiger partial charge in [-0.3, -0.25) is 14.5 Å². The van der Waals surface area contributed by atoms with E-state index in [0.29, 0.717) is 25.6 Å². The summed E-state index contributed by atoms with van der Waals surface area (Å²) in [5.74, 6) is 2.21. The van der Waals surface area contributed by atoms with Crippen LogP contribution in [0, 0.1) is 0 Å². The Kier molecular flexibility index (Phi) is 6.03. The third-order valence-corrected chi connectivity index (χ3v) is 4.66. The number of hydrogen-bond donors (Lipinski definition) is 1. The van der Waals surface area contributed by atoms with Gasteiger partial charge in [-0.05, 0) is 18.2 Å². The standard InChI is InChI=1S/C19H26N6O3/c1-20-19(21-10-14-9-16(27-3)5-6-17(14)28-4)24-7-8-25(18(26)13-24)15-11-22-23(2)12-15/h5-6,9,11-12H,7-8,10,13H2,1-4H3,(H,20,21). The number of aryl methyl sites for hydroxylation is 1. The van der Waals surface area contributed by atoms with E-state index in [1.165, 1.54) is 0 Å². The summed E-state index contributed by atoms with van der Waals surface area (Å²) in [6.45, 7) is 2.01. The SMILES string of the molecule is CN=C(NCc1cc(OC)ccc1OC)N1CCN(c2cnn(C)c2)C(=O)C1. The molecule has 0 atom stereocenters. The number of anilines is 1. The Morgan fingerprint density at radius 3 is 2.71 bits per heavy atom. The highest BCUT2D eigenvalue weighted by atomic mass is 16.5. The van der Waals surface area contributed by atoms with E-state index >= 15 is 0 Å². The Bertz CT molecular complexity index is 863. The second kappa shape index (κ2) is 8.64. The molecule has 0 saturated carbocycles. The molecule has 1 amide bonds. The summed E-state index contributed by atoms with van der Waals surface area (Å²) in [6, 6.07) is 5.65. The van der Waals surface area contributed by atoms with Crippen LogP contribution in [0.15, 0.2) is 35.6 Å². The second-order valence-electron chi connectivity index (χ2n) is 6.42. The largest absolute Gasteiger partial charge is 0.497 e. The van der Waals surface area contributed by atoms with Crippen molar-refractivity contribution in [1.82, 2.24) is 20.0 Å². The zero-order valence-corrected chi connectivity index (χ0v) is 16.7. The molecule has 0 unspecified atom stereocenters. The van der Waals surface area contributed by atoms with E-state index in [1.807, 2.05) is 36.3 Å². The lowest BCUT2D eigenvalue weighted by Crippen LogP contribution is -2.55. The summed E-state index contributed by atoms with van der Waals surface area (Å²) in [6.07, 6.45) is 3.55. The van der Waals surface area contributed by atoms with Gasteiger partial charge in [0.2, 0.25) is 5.91 Å². The quantitative estimate of drug-likeness (QED) is 0.606. The van der Waals surface area contributed by atoms with Crippen molar-refractivity contribution in [2.45, 2.75) is 6.54 Å². The van der Waals surface area contributed by atoms with Crippen LogP contribution in [0.5, 0.6) is 11.5 Å². The molecule has 2 heterocycles. The lowest BCUT2D eigenvalue weighted by Gasteiger charge is -2.35. The molecule has 0 radical (unpaired) electrons. The van der Waals surface area contributed by atoms with Crippen molar-refractivity contribution >= 4 is 17.6 Å². The van der Waals surface area contributed by atoms with E-state index in [0.717, 1.165) is 22.7 Å². The number of hydrogen-bond acceptors (Lipinski definition) is 5. The fourth-order valence-corrected chi connectivity index (χ4v) is 3.20. The number of guanidine groups is 1. The summed E-state index contributed by atoms with van der Waals surface area (Å²) in [4.78, 5) is 20.7. The summed E-state index contributed by atoms with van der Waals surface area (Å²) in [5.41, 5.74) is 1.76. The zero-order chi connectivity index (χ0) is 20.1. The molecule has 1 fully saturated rings. The average molecular weight is 386 g/mol. The third kappa shape index (κ3) is 4.19. The predicted octanol–water partition coefficient (Wildman–Crippen LogP) is 0.861. The number of methoxy groups -OCH3 is 2. The van der Waals surface area contributed by atoms with Gasteiger partial charge in [-0.15, -0.1) is 0 Å². The molecule has 1 aromatic heterocycles. The topological polar surface area (TPSA) is 84.2 Å². The van der Waals surface area contributed by atoms with Gasteiger partial charge in [0, 0.05) is 45.5 Å². The molecule has 9 nitrogen and oxygen atoms in total. The highest BCUT2D eigenvalue weighted by Crippen LogP contribution is 2.24. The number of ether oxygens (including phenoxy) is 2. The molecule has 1 aromatic carbocycles. The van der Waals surface area contributed by atoms with Crippen LogP contribution in [0.3, 0.4) is 0 Å². The first kappa shape index (κ1) is 19.5. The number of aromatic nitrogens is 2. The van der Waals surface area contributed by atoms with E-state index in [-0.39, 0.29) is 12.5 Å². The lowest BCUT2D eigenvalue weighted by molar-refractivity contribution is -0.120. The van der Waals surface area contributed by atoms with Gasteiger partial charge in [-0.2, -0.15) is 5.10 Å². The van der Waals surface area contributed by atoms with Crippen molar-refractivity contribution in [2.24, 2.45) is 12.0 Å². The summed E-state index contributed by atoms with van der Waals surface area (Å²) >= 11 is 0. The van der Waals surface area contributed by atoms with Crippen molar-refractivity contribution in [2.75, 3.05) is 45.8 Å². The van der Waals surface area contributed by atoms with Gasteiger partial charge in [0.05, 0.1) is 26.1 Å². The average Bonchev–Trinajstić information content (AvgIpc) is 3.14. The van der Waals surface area contributed by atoms with Crippen LogP contribution in [0.25, 0.3) is 0 Å². The second-order valence-corrected chi connectivity index (χ2v) is 6.42. The fraction of sp³-hybridized carbons (Fsp3) is 0.421. The number of aliphatic imine (C=N–C) groups is 1. The van der Waals surface area contributed by atoms with Crippen LogP contribution in [0.2, 0.25) is 0 Å².